The number of rotatable bonds is 5. The quantitative estimate of drug-likeness (QED) is 0.808. The summed E-state index contributed by atoms with van der Waals surface area (Å²) in [6.45, 7) is 3.93. The average Bonchev–Trinajstić information content (AvgIpc) is 2.89. The van der Waals surface area contributed by atoms with E-state index in [1.54, 1.807) is 6.07 Å². The van der Waals surface area contributed by atoms with E-state index < -0.39 is 5.91 Å². The van der Waals surface area contributed by atoms with Crippen LogP contribution in [0.25, 0.3) is 0 Å². The van der Waals surface area contributed by atoms with Crippen molar-refractivity contribution < 1.29 is 14.4 Å². The molecule has 1 aromatic carbocycles. The fourth-order valence-corrected chi connectivity index (χ4v) is 3.31. The van der Waals surface area contributed by atoms with Gasteiger partial charge in [0.05, 0.1) is 10.6 Å². The van der Waals surface area contributed by atoms with Crippen LogP contribution in [0.5, 0.6) is 0 Å². The van der Waals surface area contributed by atoms with Crippen molar-refractivity contribution in [2.24, 2.45) is 5.73 Å². The van der Waals surface area contributed by atoms with Crippen molar-refractivity contribution in [3.05, 3.63) is 51.1 Å². The number of thioether (sulfide) groups is 1. The molecule has 0 aromatic heterocycles. The molecular formula is C17H18N2O3S. The Balaban J connectivity index is 2.22. The van der Waals surface area contributed by atoms with Gasteiger partial charge in [0.25, 0.3) is 5.91 Å². The molecule has 0 aliphatic carbocycles. The first-order valence-corrected chi connectivity index (χ1v) is 8.18. The smallest absolute Gasteiger partial charge is 0.256 e. The number of carbonyl (C=O) groups is 2. The Hall–Kier alpha value is -2.30. The second kappa shape index (κ2) is 7.31. The van der Waals surface area contributed by atoms with Crippen molar-refractivity contribution >= 4 is 29.5 Å². The summed E-state index contributed by atoms with van der Waals surface area (Å²) in [5.41, 5.74) is 9.00. The molecular weight excluding hydrogens is 312 g/mol. The first-order chi connectivity index (χ1) is 10.9. The summed E-state index contributed by atoms with van der Waals surface area (Å²) < 4.78 is 0. The molecule has 0 radical (unpaired) electrons. The van der Waals surface area contributed by atoms with Crippen molar-refractivity contribution in [3.8, 4) is 0 Å². The number of allylic oxidation sites excluding steroid dienone is 1. The molecule has 1 heterocycles. The van der Waals surface area contributed by atoms with Crippen LogP contribution in [-0.4, -0.2) is 23.5 Å². The predicted molar refractivity (Wildman–Crippen MR) is 90.5 cm³/mol. The maximum Gasteiger partial charge on any atom is 0.256 e. The molecule has 1 aliphatic rings. The molecule has 1 aliphatic heterocycles. The summed E-state index contributed by atoms with van der Waals surface area (Å²) >= 11 is 1.36. The van der Waals surface area contributed by atoms with Crippen LogP contribution in [0.3, 0.4) is 0 Å². The Morgan fingerprint density at radius 1 is 1.30 bits per heavy atom. The Morgan fingerprint density at radius 3 is 2.65 bits per heavy atom. The normalized spacial score (nSPS) is 13.9. The standard InChI is InChI=1S/C17H18N2O3S/c1-10-3-4-12(7-11(10)2)16(22)19-17-14(5-6-15(18)21)13(8-20)9-23-17/h3-4,7H,5-6,9H2,1-2H3,(H2,18,21)(H,19,22). The molecule has 0 bridgehead atoms. The van der Waals surface area contributed by atoms with Gasteiger partial charge in [-0.05, 0) is 49.1 Å². The summed E-state index contributed by atoms with van der Waals surface area (Å²) in [5.74, 6) is 1.64. The second-order valence-corrected chi connectivity index (χ2v) is 6.38. The van der Waals surface area contributed by atoms with Crippen molar-refractivity contribution in [3.63, 3.8) is 0 Å². The molecule has 1 aromatic rings. The van der Waals surface area contributed by atoms with Gasteiger partial charge >= 0.3 is 0 Å². The van der Waals surface area contributed by atoms with Crippen LogP contribution in [0.1, 0.15) is 34.3 Å². The van der Waals surface area contributed by atoms with E-state index in [2.05, 4.69) is 5.32 Å². The number of nitrogens with one attached hydrogen (secondary N) is 1. The van der Waals surface area contributed by atoms with Crippen LogP contribution < -0.4 is 11.1 Å². The van der Waals surface area contributed by atoms with Crippen LogP contribution in [-0.2, 0) is 9.59 Å². The molecule has 23 heavy (non-hydrogen) atoms. The van der Waals surface area contributed by atoms with E-state index in [0.29, 0.717) is 33.9 Å². The third kappa shape index (κ3) is 4.12. The summed E-state index contributed by atoms with van der Waals surface area (Å²) in [4.78, 5) is 34.4. The van der Waals surface area contributed by atoms with E-state index in [1.165, 1.54) is 11.8 Å². The largest absolute Gasteiger partial charge is 0.370 e. The highest BCUT2D eigenvalue weighted by molar-refractivity contribution is 8.03. The maximum absolute atomic E-state index is 12.4. The molecule has 0 unspecified atom stereocenters. The van der Waals surface area contributed by atoms with Crippen molar-refractivity contribution in [1.29, 1.82) is 0 Å². The lowest BCUT2D eigenvalue weighted by Crippen LogP contribution is -2.22. The van der Waals surface area contributed by atoms with Gasteiger partial charge in [0.2, 0.25) is 5.91 Å². The maximum atomic E-state index is 12.4. The summed E-state index contributed by atoms with van der Waals surface area (Å²) in [6.07, 6.45) is 0.458. The van der Waals surface area contributed by atoms with Gasteiger partial charge in [-0.25, -0.2) is 4.79 Å². The van der Waals surface area contributed by atoms with Gasteiger partial charge in [0.15, 0.2) is 0 Å². The Morgan fingerprint density at radius 2 is 2.04 bits per heavy atom. The zero-order chi connectivity index (χ0) is 17.0. The fourth-order valence-electron chi connectivity index (χ4n) is 2.23. The topological polar surface area (TPSA) is 89.3 Å². The molecule has 120 valence electrons. The molecule has 0 saturated heterocycles. The van der Waals surface area contributed by atoms with Crippen molar-refractivity contribution in [1.82, 2.24) is 5.32 Å². The number of hydrogen-bond donors (Lipinski definition) is 2. The van der Waals surface area contributed by atoms with Gasteiger partial charge in [-0.3, -0.25) is 9.59 Å². The summed E-state index contributed by atoms with van der Waals surface area (Å²) in [7, 11) is 0. The van der Waals surface area contributed by atoms with Gasteiger partial charge in [0.1, 0.15) is 5.94 Å². The van der Waals surface area contributed by atoms with Crippen molar-refractivity contribution in [2.45, 2.75) is 26.7 Å². The minimum absolute atomic E-state index is 0.129. The van der Waals surface area contributed by atoms with Crippen molar-refractivity contribution in [2.75, 3.05) is 5.75 Å². The Kier molecular flexibility index (Phi) is 5.42. The molecule has 0 fully saturated rings. The second-order valence-electron chi connectivity index (χ2n) is 5.40. The Labute approximate surface area is 139 Å². The summed E-state index contributed by atoms with van der Waals surface area (Å²) in [5, 5.41) is 3.44. The minimum atomic E-state index is -0.445. The number of nitrogens with two attached hydrogens (primary N) is 1. The van der Waals surface area contributed by atoms with E-state index in [9.17, 15) is 14.4 Å². The number of amides is 2. The molecule has 0 spiro atoms. The number of benzene rings is 1. The van der Waals surface area contributed by atoms with E-state index >= 15 is 0 Å². The lowest BCUT2D eigenvalue weighted by molar-refractivity contribution is -0.117. The minimum Gasteiger partial charge on any atom is -0.370 e. The molecule has 2 rings (SSSR count). The van der Waals surface area contributed by atoms with Crippen LogP contribution in [0.4, 0.5) is 0 Å². The third-order valence-corrected chi connectivity index (χ3v) is 4.81. The monoisotopic (exact) mass is 330 g/mol. The molecule has 3 N–H and O–H groups in total. The highest BCUT2D eigenvalue weighted by atomic mass is 32.2. The van der Waals surface area contributed by atoms with Gasteiger partial charge in [0, 0.05) is 17.7 Å². The zero-order valence-corrected chi connectivity index (χ0v) is 13.9. The van der Waals surface area contributed by atoms with Crippen LogP contribution in [0, 0.1) is 13.8 Å². The van der Waals surface area contributed by atoms with Gasteiger partial charge in [-0.2, -0.15) is 0 Å². The predicted octanol–water partition coefficient (Wildman–Crippen LogP) is 2.02. The first kappa shape index (κ1) is 17.1. The average molecular weight is 330 g/mol. The van der Waals surface area contributed by atoms with E-state index in [4.69, 9.17) is 5.73 Å². The lowest BCUT2D eigenvalue weighted by Gasteiger charge is -2.09. The number of aryl methyl sites for hydroxylation is 2. The van der Waals surface area contributed by atoms with Crippen LogP contribution in [0.2, 0.25) is 0 Å². The van der Waals surface area contributed by atoms with E-state index in [0.717, 1.165) is 11.1 Å². The third-order valence-electron chi connectivity index (χ3n) is 3.74. The van der Waals surface area contributed by atoms with Gasteiger partial charge in [-0.15, -0.1) is 11.8 Å². The van der Waals surface area contributed by atoms with Gasteiger partial charge < -0.3 is 11.1 Å². The van der Waals surface area contributed by atoms with Gasteiger partial charge in [-0.1, -0.05) is 6.07 Å². The number of primary amides is 1. The Bertz CT molecular complexity index is 746. The fraction of sp³-hybridized carbons (Fsp3) is 0.294. The highest BCUT2D eigenvalue weighted by Crippen LogP contribution is 2.35. The van der Waals surface area contributed by atoms with Crippen LogP contribution >= 0.6 is 11.8 Å². The lowest BCUT2D eigenvalue weighted by atomic mass is 10.0. The van der Waals surface area contributed by atoms with E-state index in [-0.39, 0.29) is 12.3 Å². The molecule has 6 heteroatoms. The zero-order valence-electron chi connectivity index (χ0n) is 13.1. The highest BCUT2D eigenvalue weighted by Gasteiger charge is 2.23. The molecule has 2 amide bonds. The SMILES string of the molecule is Cc1ccc(C(=O)NC2=C(CCC(N)=O)C(=C=O)CS2)cc1C. The molecule has 5 nitrogen and oxygen atoms in total. The summed E-state index contributed by atoms with van der Waals surface area (Å²) in [6, 6.07) is 5.48. The molecule has 0 atom stereocenters. The first-order valence-electron chi connectivity index (χ1n) is 7.19. The molecule has 0 saturated carbocycles. The van der Waals surface area contributed by atoms with Crippen LogP contribution in [0.15, 0.2) is 34.4 Å². The number of carbonyl (C=O) groups excluding carboxylic acids is 3. The number of hydrogen-bond acceptors (Lipinski definition) is 4. The van der Waals surface area contributed by atoms with E-state index in [1.807, 2.05) is 31.9 Å².